The molecule has 3 aromatic rings. The number of hydrogen-bond donors (Lipinski definition) is 2. The first-order chi connectivity index (χ1) is 13.7. The van der Waals surface area contributed by atoms with Gasteiger partial charge in [0.15, 0.2) is 17.5 Å². The molecule has 28 heavy (non-hydrogen) atoms. The van der Waals surface area contributed by atoms with Crippen molar-refractivity contribution in [2.75, 3.05) is 13.7 Å². The van der Waals surface area contributed by atoms with Crippen molar-refractivity contribution in [2.24, 2.45) is 10.7 Å². The predicted octanol–water partition coefficient (Wildman–Crippen LogP) is 3.53. The summed E-state index contributed by atoms with van der Waals surface area (Å²) >= 11 is 0. The van der Waals surface area contributed by atoms with E-state index in [-0.39, 0.29) is 0 Å². The van der Waals surface area contributed by atoms with Crippen LogP contribution in [0.25, 0.3) is 0 Å². The summed E-state index contributed by atoms with van der Waals surface area (Å²) in [6.45, 7) is 1.19. The van der Waals surface area contributed by atoms with Gasteiger partial charge in [-0.15, -0.1) is 0 Å². The number of nitrogens with zero attached hydrogens (tertiary/aromatic N) is 2. The molecule has 0 atom stereocenters. The van der Waals surface area contributed by atoms with Gasteiger partial charge in [0.05, 0.1) is 13.7 Å². The molecule has 0 saturated carbocycles. The Morgan fingerprint density at radius 3 is 2.46 bits per heavy atom. The van der Waals surface area contributed by atoms with Crippen LogP contribution in [0, 0.1) is 0 Å². The van der Waals surface area contributed by atoms with Crippen LogP contribution in [-0.2, 0) is 13.0 Å². The third-order valence-corrected chi connectivity index (χ3v) is 4.07. The Hall–Kier alpha value is -3.54. The zero-order chi connectivity index (χ0) is 19.6. The van der Waals surface area contributed by atoms with Gasteiger partial charge in [0.2, 0.25) is 0 Å². The molecule has 0 unspecified atom stereocenters. The van der Waals surface area contributed by atoms with Crippen LogP contribution in [0.15, 0.2) is 77.9 Å². The summed E-state index contributed by atoms with van der Waals surface area (Å²) in [5.74, 6) is 2.53. The van der Waals surface area contributed by atoms with E-state index in [1.807, 2.05) is 66.7 Å². The highest BCUT2D eigenvalue weighted by Crippen LogP contribution is 2.30. The molecule has 0 aliphatic carbocycles. The lowest BCUT2D eigenvalue weighted by molar-refractivity contribution is 0.379. The fourth-order valence-electron chi connectivity index (χ4n) is 2.59. The van der Waals surface area contributed by atoms with Crippen molar-refractivity contribution in [1.29, 1.82) is 0 Å². The molecule has 1 aromatic heterocycles. The highest BCUT2D eigenvalue weighted by molar-refractivity contribution is 5.77. The first-order valence-corrected chi connectivity index (χ1v) is 9.08. The fraction of sp³-hybridized carbons (Fsp3) is 0.182. The minimum Gasteiger partial charge on any atom is -0.493 e. The van der Waals surface area contributed by atoms with Gasteiger partial charge in [-0.3, -0.25) is 4.98 Å². The van der Waals surface area contributed by atoms with Gasteiger partial charge in [-0.05, 0) is 42.0 Å². The largest absolute Gasteiger partial charge is 0.493 e. The van der Waals surface area contributed by atoms with Crippen LogP contribution in [0.3, 0.4) is 0 Å². The number of aliphatic imine (C=N–C) groups is 1. The zero-order valence-electron chi connectivity index (χ0n) is 15.8. The van der Waals surface area contributed by atoms with Crippen molar-refractivity contribution in [1.82, 2.24) is 10.3 Å². The minimum atomic E-state index is 0.422. The lowest BCUT2D eigenvalue weighted by Crippen LogP contribution is -2.33. The number of nitrogens with one attached hydrogen (secondary N) is 1. The minimum absolute atomic E-state index is 0.422. The predicted molar refractivity (Wildman–Crippen MR) is 111 cm³/mol. The zero-order valence-corrected chi connectivity index (χ0v) is 15.8. The van der Waals surface area contributed by atoms with Crippen molar-refractivity contribution in [3.05, 3.63) is 84.2 Å². The Balaban J connectivity index is 1.49. The number of pyridine rings is 1. The molecule has 0 aliphatic rings. The summed E-state index contributed by atoms with van der Waals surface area (Å²) in [5, 5.41) is 3.11. The quantitative estimate of drug-likeness (QED) is 0.464. The lowest BCUT2D eigenvalue weighted by Gasteiger charge is -2.10. The first kappa shape index (κ1) is 19.2. The van der Waals surface area contributed by atoms with Crippen molar-refractivity contribution < 1.29 is 9.47 Å². The van der Waals surface area contributed by atoms with Gasteiger partial charge in [-0.1, -0.05) is 30.3 Å². The molecule has 0 saturated heterocycles. The molecule has 0 aliphatic heterocycles. The van der Waals surface area contributed by atoms with Crippen LogP contribution in [0.1, 0.15) is 11.3 Å². The topological polar surface area (TPSA) is 81.8 Å². The second-order valence-electron chi connectivity index (χ2n) is 6.10. The maximum atomic E-state index is 5.93. The van der Waals surface area contributed by atoms with Crippen molar-refractivity contribution in [2.45, 2.75) is 13.0 Å². The van der Waals surface area contributed by atoms with Crippen LogP contribution in [0.5, 0.6) is 17.2 Å². The Bertz CT molecular complexity index is 896. The Morgan fingerprint density at radius 2 is 1.75 bits per heavy atom. The number of hydrogen-bond acceptors (Lipinski definition) is 4. The maximum absolute atomic E-state index is 5.93. The van der Waals surface area contributed by atoms with Gasteiger partial charge in [-0.25, -0.2) is 4.99 Å². The smallest absolute Gasteiger partial charge is 0.188 e. The average Bonchev–Trinajstić information content (AvgIpc) is 2.74. The van der Waals surface area contributed by atoms with E-state index in [1.165, 1.54) is 0 Å². The molecule has 1 heterocycles. The van der Waals surface area contributed by atoms with Gasteiger partial charge in [0.25, 0.3) is 0 Å². The summed E-state index contributed by atoms with van der Waals surface area (Å²) in [4.78, 5) is 8.65. The van der Waals surface area contributed by atoms with Crippen LogP contribution in [-0.4, -0.2) is 24.6 Å². The number of benzene rings is 2. The number of ether oxygens (including phenoxy) is 2. The number of guanidine groups is 1. The molecule has 0 spiro atoms. The van der Waals surface area contributed by atoms with E-state index in [4.69, 9.17) is 15.2 Å². The summed E-state index contributed by atoms with van der Waals surface area (Å²) in [6.07, 6.45) is 2.58. The molecule has 144 valence electrons. The molecule has 6 heteroatoms. The molecular weight excluding hydrogens is 352 g/mol. The van der Waals surface area contributed by atoms with E-state index < -0.39 is 0 Å². The molecule has 6 nitrogen and oxygen atoms in total. The average molecular weight is 376 g/mol. The van der Waals surface area contributed by atoms with Crippen molar-refractivity contribution >= 4 is 5.96 Å². The normalized spacial score (nSPS) is 11.1. The Labute approximate surface area is 165 Å². The van der Waals surface area contributed by atoms with Crippen LogP contribution >= 0.6 is 0 Å². The van der Waals surface area contributed by atoms with E-state index in [2.05, 4.69) is 15.3 Å². The molecular formula is C22H24N4O2. The van der Waals surface area contributed by atoms with Crippen LogP contribution in [0.2, 0.25) is 0 Å². The molecule has 3 rings (SSSR count). The summed E-state index contributed by atoms with van der Waals surface area (Å²) in [6, 6.07) is 21.2. The van der Waals surface area contributed by atoms with Gasteiger partial charge in [0.1, 0.15) is 5.75 Å². The summed E-state index contributed by atoms with van der Waals surface area (Å²) in [5.41, 5.74) is 7.99. The lowest BCUT2D eigenvalue weighted by atomic mass is 10.2. The Morgan fingerprint density at radius 1 is 1.00 bits per heavy atom. The van der Waals surface area contributed by atoms with Gasteiger partial charge in [-0.2, -0.15) is 0 Å². The molecule has 0 fully saturated rings. The highest BCUT2D eigenvalue weighted by Gasteiger charge is 2.04. The monoisotopic (exact) mass is 376 g/mol. The first-order valence-electron chi connectivity index (χ1n) is 9.08. The molecule has 0 radical (unpaired) electrons. The van der Waals surface area contributed by atoms with Crippen molar-refractivity contribution in [3.63, 3.8) is 0 Å². The van der Waals surface area contributed by atoms with Crippen molar-refractivity contribution in [3.8, 4) is 17.2 Å². The van der Waals surface area contributed by atoms with Gasteiger partial charge >= 0.3 is 0 Å². The number of nitrogens with two attached hydrogens (primary N) is 1. The van der Waals surface area contributed by atoms with Crippen LogP contribution in [0.4, 0.5) is 0 Å². The Kier molecular flexibility index (Phi) is 6.84. The van der Waals surface area contributed by atoms with Gasteiger partial charge in [0, 0.05) is 24.9 Å². The molecule has 3 N–H and O–H groups in total. The molecule has 0 amide bonds. The highest BCUT2D eigenvalue weighted by atomic mass is 16.5. The van der Waals surface area contributed by atoms with E-state index in [9.17, 15) is 0 Å². The van der Waals surface area contributed by atoms with E-state index in [0.29, 0.717) is 30.5 Å². The number of rotatable bonds is 8. The standard InChI is InChI=1S/C22H24N4O2/c1-27-20-7-2-3-8-21(20)28-19-11-9-17(10-12-19)16-26-22(23)25-15-13-18-6-4-5-14-24-18/h2-12,14H,13,15-16H2,1H3,(H3,23,25,26). The van der Waals surface area contributed by atoms with E-state index >= 15 is 0 Å². The summed E-state index contributed by atoms with van der Waals surface area (Å²) in [7, 11) is 1.62. The third-order valence-electron chi connectivity index (χ3n) is 4.07. The number of para-hydroxylation sites is 2. The van der Waals surface area contributed by atoms with Crippen LogP contribution < -0.4 is 20.5 Å². The fourth-order valence-corrected chi connectivity index (χ4v) is 2.59. The van der Waals surface area contributed by atoms with E-state index in [1.54, 1.807) is 13.3 Å². The van der Waals surface area contributed by atoms with E-state index in [0.717, 1.165) is 23.4 Å². The second kappa shape index (κ2) is 9.97. The maximum Gasteiger partial charge on any atom is 0.188 e. The summed E-state index contributed by atoms with van der Waals surface area (Å²) < 4.78 is 11.2. The molecule has 0 bridgehead atoms. The van der Waals surface area contributed by atoms with Gasteiger partial charge < -0.3 is 20.5 Å². The SMILES string of the molecule is COc1ccccc1Oc1ccc(CN=C(N)NCCc2ccccn2)cc1. The number of methoxy groups -OCH3 is 1. The second-order valence-corrected chi connectivity index (χ2v) is 6.10. The third kappa shape index (κ3) is 5.74. The number of aromatic nitrogens is 1. The molecule has 2 aromatic carbocycles.